The number of nitrogens with one attached hydrogen (secondary N) is 2. The van der Waals surface area contributed by atoms with Crippen LogP contribution in [0.3, 0.4) is 0 Å². The predicted octanol–water partition coefficient (Wildman–Crippen LogP) is 1.75. The zero-order valence-corrected chi connectivity index (χ0v) is 15.1. The van der Waals surface area contributed by atoms with E-state index in [-0.39, 0.29) is 23.0 Å². The summed E-state index contributed by atoms with van der Waals surface area (Å²) in [5.41, 5.74) is 1.65. The highest BCUT2D eigenvalue weighted by Crippen LogP contribution is 2.48. The Morgan fingerprint density at radius 3 is 2.62 bits per heavy atom. The van der Waals surface area contributed by atoms with Gasteiger partial charge < -0.3 is 10.6 Å². The number of sulfone groups is 1. The lowest BCUT2D eigenvalue weighted by Gasteiger charge is -2.18. The van der Waals surface area contributed by atoms with E-state index in [0.717, 1.165) is 25.5 Å². The molecule has 1 atom stereocenters. The zero-order valence-electron chi connectivity index (χ0n) is 14.3. The maximum atomic E-state index is 11.6. The van der Waals surface area contributed by atoms with Crippen molar-refractivity contribution in [3.05, 3.63) is 35.9 Å². The first-order chi connectivity index (χ1) is 11.5. The van der Waals surface area contributed by atoms with Gasteiger partial charge in [0.2, 0.25) is 0 Å². The molecule has 2 N–H and O–H groups in total. The Morgan fingerprint density at radius 1 is 1.29 bits per heavy atom. The van der Waals surface area contributed by atoms with Gasteiger partial charge in [-0.2, -0.15) is 0 Å². The maximum absolute atomic E-state index is 11.6. The Kier molecular flexibility index (Phi) is 5.13. The van der Waals surface area contributed by atoms with Gasteiger partial charge in [-0.05, 0) is 43.6 Å². The van der Waals surface area contributed by atoms with E-state index in [1.54, 1.807) is 0 Å². The summed E-state index contributed by atoms with van der Waals surface area (Å²) < 4.78 is 23.2. The van der Waals surface area contributed by atoms with Gasteiger partial charge in [0.1, 0.15) is 0 Å². The lowest BCUT2D eigenvalue weighted by molar-refractivity contribution is 0.518. The molecule has 5 nitrogen and oxygen atoms in total. The molecular weight excluding hydrogens is 322 g/mol. The summed E-state index contributed by atoms with van der Waals surface area (Å²) in [5.74, 6) is 1.24. The number of aliphatic imine (C=N–C) groups is 1. The van der Waals surface area contributed by atoms with E-state index in [4.69, 9.17) is 4.99 Å². The van der Waals surface area contributed by atoms with Gasteiger partial charge in [-0.3, -0.25) is 4.99 Å². The normalized spacial score (nSPS) is 24.5. The molecule has 1 saturated carbocycles. The summed E-state index contributed by atoms with van der Waals surface area (Å²) in [7, 11) is -2.87. The van der Waals surface area contributed by atoms with Crippen molar-refractivity contribution >= 4 is 15.8 Å². The van der Waals surface area contributed by atoms with Crippen LogP contribution in [0.4, 0.5) is 0 Å². The van der Waals surface area contributed by atoms with Gasteiger partial charge in [0.25, 0.3) is 0 Å². The zero-order chi connectivity index (χ0) is 17.0. The topological polar surface area (TPSA) is 70.6 Å². The van der Waals surface area contributed by atoms with Gasteiger partial charge in [-0.25, -0.2) is 8.42 Å². The molecule has 1 aromatic rings. The minimum atomic E-state index is -2.87. The second-order valence-corrected chi connectivity index (χ2v) is 9.33. The summed E-state index contributed by atoms with van der Waals surface area (Å²) in [4.78, 5) is 4.75. The van der Waals surface area contributed by atoms with Crippen LogP contribution in [0, 0.1) is 5.41 Å². The summed E-state index contributed by atoms with van der Waals surface area (Å²) in [6, 6.07) is 10.6. The molecule has 0 spiro atoms. The number of guanidine groups is 1. The van der Waals surface area contributed by atoms with Crippen LogP contribution in [-0.2, 0) is 16.3 Å². The standard InChI is InChI=1S/C18H27N3O2S/c1-2-19-17(21-16-8-11-24(22,23)13-16)20-14-18(9-10-18)12-15-6-4-3-5-7-15/h3-7,16H,2,8-14H2,1H3,(H2,19,20,21). The fourth-order valence-corrected chi connectivity index (χ4v) is 4.94. The molecule has 1 saturated heterocycles. The average Bonchev–Trinajstić information content (AvgIpc) is 3.22. The van der Waals surface area contributed by atoms with E-state index in [1.165, 1.54) is 18.4 Å². The highest BCUT2D eigenvalue weighted by Gasteiger charge is 2.42. The van der Waals surface area contributed by atoms with Gasteiger partial charge in [0.05, 0.1) is 11.5 Å². The summed E-state index contributed by atoms with van der Waals surface area (Å²) in [6.07, 6.45) is 4.15. The van der Waals surface area contributed by atoms with E-state index in [9.17, 15) is 8.42 Å². The van der Waals surface area contributed by atoms with Gasteiger partial charge in [0.15, 0.2) is 15.8 Å². The van der Waals surface area contributed by atoms with Crippen LogP contribution in [0.15, 0.2) is 35.3 Å². The fourth-order valence-electron chi connectivity index (χ4n) is 3.27. The van der Waals surface area contributed by atoms with E-state index >= 15 is 0 Å². The van der Waals surface area contributed by atoms with Crippen molar-refractivity contribution in [2.24, 2.45) is 10.4 Å². The smallest absolute Gasteiger partial charge is 0.191 e. The first-order valence-corrected chi connectivity index (χ1v) is 10.6. The maximum Gasteiger partial charge on any atom is 0.191 e. The average molecular weight is 350 g/mol. The lowest BCUT2D eigenvalue weighted by Crippen LogP contribution is -2.44. The van der Waals surface area contributed by atoms with Gasteiger partial charge in [-0.15, -0.1) is 0 Å². The Balaban J connectivity index is 1.59. The molecule has 1 aliphatic carbocycles. The molecule has 3 rings (SSSR count). The molecule has 1 unspecified atom stereocenters. The van der Waals surface area contributed by atoms with E-state index < -0.39 is 9.84 Å². The van der Waals surface area contributed by atoms with Crippen LogP contribution in [-0.4, -0.2) is 45.0 Å². The number of hydrogen-bond donors (Lipinski definition) is 2. The summed E-state index contributed by atoms with van der Waals surface area (Å²) in [6.45, 7) is 3.59. The molecule has 1 aromatic carbocycles. The minimum Gasteiger partial charge on any atom is -0.357 e. The fraction of sp³-hybridized carbons (Fsp3) is 0.611. The van der Waals surface area contributed by atoms with Crippen molar-refractivity contribution in [2.75, 3.05) is 24.6 Å². The van der Waals surface area contributed by atoms with Crippen LogP contribution >= 0.6 is 0 Å². The van der Waals surface area contributed by atoms with E-state index in [2.05, 4.69) is 34.9 Å². The highest BCUT2D eigenvalue weighted by atomic mass is 32.2. The van der Waals surface area contributed by atoms with Crippen molar-refractivity contribution < 1.29 is 8.42 Å². The third-order valence-corrected chi connectivity index (χ3v) is 6.64. The van der Waals surface area contributed by atoms with Gasteiger partial charge >= 0.3 is 0 Å². The molecule has 0 aromatic heterocycles. The molecule has 0 amide bonds. The Hall–Kier alpha value is -1.56. The van der Waals surface area contributed by atoms with Crippen molar-refractivity contribution in [3.8, 4) is 0 Å². The summed E-state index contributed by atoms with van der Waals surface area (Å²) in [5, 5.41) is 6.54. The third-order valence-electron chi connectivity index (χ3n) is 4.87. The molecule has 1 heterocycles. The third kappa shape index (κ3) is 4.72. The molecule has 2 aliphatic rings. The van der Waals surface area contributed by atoms with E-state index in [0.29, 0.717) is 6.42 Å². The molecule has 0 radical (unpaired) electrons. The van der Waals surface area contributed by atoms with Gasteiger partial charge in [0, 0.05) is 19.1 Å². The second-order valence-electron chi connectivity index (χ2n) is 7.10. The molecule has 2 fully saturated rings. The monoisotopic (exact) mass is 349 g/mol. The van der Waals surface area contributed by atoms with Crippen LogP contribution in [0.2, 0.25) is 0 Å². The molecular formula is C18H27N3O2S. The van der Waals surface area contributed by atoms with Crippen molar-refractivity contribution in [3.63, 3.8) is 0 Å². The number of benzene rings is 1. The Morgan fingerprint density at radius 2 is 2.04 bits per heavy atom. The lowest BCUT2D eigenvalue weighted by atomic mass is 9.97. The van der Waals surface area contributed by atoms with Crippen molar-refractivity contribution in [2.45, 2.75) is 38.6 Å². The number of rotatable bonds is 6. The van der Waals surface area contributed by atoms with E-state index in [1.807, 2.05) is 13.0 Å². The highest BCUT2D eigenvalue weighted by molar-refractivity contribution is 7.91. The summed E-state index contributed by atoms with van der Waals surface area (Å²) >= 11 is 0. The SMILES string of the molecule is CCNC(=NCC1(Cc2ccccc2)CC1)NC1CCS(=O)(=O)C1. The predicted molar refractivity (Wildman–Crippen MR) is 98.0 cm³/mol. The molecule has 0 bridgehead atoms. The molecule has 132 valence electrons. The van der Waals surface area contributed by atoms with Crippen molar-refractivity contribution in [1.82, 2.24) is 10.6 Å². The Bertz CT molecular complexity index is 681. The minimum absolute atomic E-state index is 0.0166. The molecule has 24 heavy (non-hydrogen) atoms. The first-order valence-electron chi connectivity index (χ1n) is 8.79. The number of nitrogens with zero attached hydrogens (tertiary/aromatic N) is 1. The second kappa shape index (κ2) is 7.13. The van der Waals surface area contributed by atoms with Crippen molar-refractivity contribution in [1.29, 1.82) is 0 Å². The quantitative estimate of drug-likeness (QED) is 0.606. The van der Waals surface area contributed by atoms with Crippen LogP contribution in [0.5, 0.6) is 0 Å². The Labute approximate surface area is 144 Å². The molecule has 1 aliphatic heterocycles. The largest absolute Gasteiger partial charge is 0.357 e. The number of hydrogen-bond acceptors (Lipinski definition) is 3. The van der Waals surface area contributed by atoms with Gasteiger partial charge in [-0.1, -0.05) is 30.3 Å². The van der Waals surface area contributed by atoms with Crippen LogP contribution < -0.4 is 10.6 Å². The first kappa shape index (κ1) is 17.3. The molecule has 6 heteroatoms. The van der Waals surface area contributed by atoms with Crippen LogP contribution in [0.1, 0.15) is 31.7 Å². The van der Waals surface area contributed by atoms with Crippen LogP contribution in [0.25, 0.3) is 0 Å².